The Morgan fingerprint density at radius 3 is 2.58 bits per heavy atom. The van der Waals surface area contributed by atoms with Gasteiger partial charge in [-0.05, 0) is 25.1 Å². The van der Waals surface area contributed by atoms with Crippen molar-refractivity contribution < 1.29 is 22.8 Å². The molecule has 2 amide bonds. The molecule has 6 nitrogen and oxygen atoms in total. The highest BCUT2D eigenvalue weighted by atomic mass is 35.5. The Hall–Kier alpha value is -2.60. The number of carbonyl (C=O) groups is 2. The standard InChI is InChI=1S/C14H12ClF3N4O2/c1-8(21-22-12(23)4-5-19)6-13(24)20-9-2-3-11(15)10(7-9)14(16,17)18/h2-3,7H,4,6H2,1H3,(H,20,24)(H,22,23)/b21-8-. The number of alkyl halides is 3. The third-order valence-electron chi connectivity index (χ3n) is 2.58. The van der Waals surface area contributed by atoms with Crippen LogP contribution < -0.4 is 10.7 Å². The topological polar surface area (TPSA) is 94.3 Å². The summed E-state index contributed by atoms with van der Waals surface area (Å²) in [7, 11) is 0. The van der Waals surface area contributed by atoms with E-state index in [4.69, 9.17) is 16.9 Å². The van der Waals surface area contributed by atoms with Gasteiger partial charge in [-0.15, -0.1) is 0 Å². The molecule has 10 heteroatoms. The Bertz CT molecular complexity index is 711. The minimum atomic E-state index is -4.64. The lowest BCUT2D eigenvalue weighted by Crippen LogP contribution is -2.21. The van der Waals surface area contributed by atoms with Gasteiger partial charge in [0.1, 0.15) is 6.42 Å². The summed E-state index contributed by atoms with van der Waals surface area (Å²) in [6.45, 7) is 1.44. The van der Waals surface area contributed by atoms with Crippen molar-refractivity contribution in [2.45, 2.75) is 25.9 Å². The molecule has 0 heterocycles. The number of halogens is 4. The highest BCUT2D eigenvalue weighted by Gasteiger charge is 2.33. The first-order chi connectivity index (χ1) is 11.1. The van der Waals surface area contributed by atoms with Crippen LogP contribution >= 0.6 is 11.6 Å². The van der Waals surface area contributed by atoms with E-state index in [-0.39, 0.29) is 24.2 Å². The molecule has 2 N–H and O–H groups in total. The third kappa shape index (κ3) is 6.26. The van der Waals surface area contributed by atoms with Crippen LogP contribution in [0.3, 0.4) is 0 Å². The van der Waals surface area contributed by atoms with Gasteiger partial charge in [-0.2, -0.15) is 23.5 Å². The van der Waals surface area contributed by atoms with Crippen molar-refractivity contribution in [2.75, 3.05) is 5.32 Å². The summed E-state index contributed by atoms with van der Waals surface area (Å²) < 4.78 is 38.2. The molecule has 1 aromatic carbocycles. The number of benzene rings is 1. The monoisotopic (exact) mass is 360 g/mol. The largest absolute Gasteiger partial charge is 0.417 e. The van der Waals surface area contributed by atoms with Crippen LogP contribution in [0.4, 0.5) is 18.9 Å². The summed E-state index contributed by atoms with van der Waals surface area (Å²) in [5.41, 5.74) is 1.15. The number of nitrogens with one attached hydrogen (secondary N) is 2. The van der Waals surface area contributed by atoms with Crippen LogP contribution in [0.15, 0.2) is 23.3 Å². The van der Waals surface area contributed by atoms with E-state index in [1.54, 1.807) is 6.07 Å². The zero-order valence-corrected chi connectivity index (χ0v) is 13.1. The first-order valence-corrected chi connectivity index (χ1v) is 6.87. The molecule has 0 radical (unpaired) electrons. The Morgan fingerprint density at radius 2 is 2.00 bits per heavy atom. The van der Waals surface area contributed by atoms with E-state index in [0.29, 0.717) is 0 Å². The molecule has 0 atom stereocenters. The van der Waals surface area contributed by atoms with Gasteiger partial charge in [-0.1, -0.05) is 11.6 Å². The molecule has 0 bridgehead atoms. The number of hydrogen-bond donors (Lipinski definition) is 2. The fourth-order valence-electron chi connectivity index (χ4n) is 1.57. The molecular formula is C14H12ClF3N4O2. The summed E-state index contributed by atoms with van der Waals surface area (Å²) in [5.74, 6) is -1.26. The number of nitrogens with zero attached hydrogens (tertiary/aromatic N) is 2. The van der Waals surface area contributed by atoms with Crippen molar-refractivity contribution in [3.8, 4) is 6.07 Å². The number of hydrazone groups is 1. The van der Waals surface area contributed by atoms with Gasteiger partial charge in [0.25, 0.3) is 5.91 Å². The number of amides is 2. The molecule has 24 heavy (non-hydrogen) atoms. The van der Waals surface area contributed by atoms with Crippen molar-refractivity contribution in [2.24, 2.45) is 5.10 Å². The highest BCUT2D eigenvalue weighted by Crippen LogP contribution is 2.36. The maximum absolute atomic E-state index is 12.7. The lowest BCUT2D eigenvalue weighted by Gasteiger charge is -2.11. The second-order valence-corrected chi connectivity index (χ2v) is 5.04. The maximum Gasteiger partial charge on any atom is 0.417 e. The molecule has 0 unspecified atom stereocenters. The van der Waals surface area contributed by atoms with E-state index in [0.717, 1.165) is 12.1 Å². The quantitative estimate of drug-likeness (QED) is 0.624. The van der Waals surface area contributed by atoms with E-state index >= 15 is 0 Å². The average Bonchev–Trinajstić information content (AvgIpc) is 2.46. The Morgan fingerprint density at radius 1 is 1.33 bits per heavy atom. The van der Waals surface area contributed by atoms with E-state index in [9.17, 15) is 22.8 Å². The first kappa shape index (κ1) is 19.4. The number of nitriles is 1. The smallest absolute Gasteiger partial charge is 0.326 e. The highest BCUT2D eigenvalue weighted by molar-refractivity contribution is 6.31. The fourth-order valence-corrected chi connectivity index (χ4v) is 1.79. The number of rotatable bonds is 5. The second kappa shape index (κ2) is 8.31. The van der Waals surface area contributed by atoms with Gasteiger partial charge in [-0.3, -0.25) is 9.59 Å². The minimum Gasteiger partial charge on any atom is -0.326 e. The Kier molecular flexibility index (Phi) is 6.73. The van der Waals surface area contributed by atoms with Crippen molar-refractivity contribution in [3.63, 3.8) is 0 Å². The van der Waals surface area contributed by atoms with Gasteiger partial charge >= 0.3 is 6.18 Å². The number of hydrogen-bond acceptors (Lipinski definition) is 4. The van der Waals surface area contributed by atoms with Gasteiger partial charge < -0.3 is 5.32 Å². The molecular weight excluding hydrogens is 349 g/mol. The van der Waals surface area contributed by atoms with Crippen molar-refractivity contribution in [1.29, 1.82) is 5.26 Å². The van der Waals surface area contributed by atoms with Crippen LogP contribution in [0.25, 0.3) is 0 Å². The molecule has 1 rings (SSSR count). The van der Waals surface area contributed by atoms with E-state index in [1.807, 2.05) is 0 Å². The Balaban J connectivity index is 2.70. The molecule has 0 saturated carbocycles. The molecule has 0 aliphatic rings. The average molecular weight is 361 g/mol. The van der Waals surface area contributed by atoms with Gasteiger partial charge in [0.2, 0.25) is 5.91 Å². The van der Waals surface area contributed by atoms with Crippen LogP contribution in [0.1, 0.15) is 25.3 Å². The SMILES string of the molecule is C/C(CC(=O)Nc1ccc(Cl)c(C(F)(F)F)c1)=N/NC(=O)CC#N. The van der Waals surface area contributed by atoms with Gasteiger partial charge in [-0.25, -0.2) is 5.43 Å². The van der Waals surface area contributed by atoms with Crippen LogP contribution in [0, 0.1) is 11.3 Å². The molecule has 0 spiro atoms. The summed E-state index contributed by atoms with van der Waals surface area (Å²) in [6, 6.07) is 4.61. The summed E-state index contributed by atoms with van der Waals surface area (Å²) in [6.07, 6.45) is -5.27. The molecule has 0 aliphatic heterocycles. The molecule has 0 saturated heterocycles. The van der Waals surface area contributed by atoms with Gasteiger partial charge in [0, 0.05) is 11.4 Å². The second-order valence-electron chi connectivity index (χ2n) is 4.63. The lowest BCUT2D eigenvalue weighted by molar-refractivity contribution is -0.137. The molecule has 0 aliphatic carbocycles. The van der Waals surface area contributed by atoms with E-state index in [2.05, 4.69) is 15.8 Å². The maximum atomic E-state index is 12.7. The van der Waals surface area contributed by atoms with Crippen LogP contribution in [0.5, 0.6) is 0 Å². The first-order valence-electron chi connectivity index (χ1n) is 6.49. The summed E-state index contributed by atoms with van der Waals surface area (Å²) in [5, 5.41) is 13.7. The minimum absolute atomic E-state index is 0.0713. The predicted molar refractivity (Wildman–Crippen MR) is 81.2 cm³/mol. The van der Waals surface area contributed by atoms with Crippen LogP contribution in [0.2, 0.25) is 5.02 Å². The Labute approximate surface area is 140 Å². The zero-order chi connectivity index (χ0) is 18.3. The molecule has 128 valence electrons. The predicted octanol–water partition coefficient (Wildman–Crippen LogP) is 3.09. The normalized spacial score (nSPS) is 11.6. The van der Waals surface area contributed by atoms with Gasteiger partial charge in [0.15, 0.2) is 0 Å². The van der Waals surface area contributed by atoms with Crippen molar-refractivity contribution in [3.05, 3.63) is 28.8 Å². The summed E-state index contributed by atoms with van der Waals surface area (Å²) in [4.78, 5) is 22.8. The number of carbonyl (C=O) groups excluding carboxylic acids is 2. The van der Waals surface area contributed by atoms with Crippen molar-refractivity contribution in [1.82, 2.24) is 5.43 Å². The number of anilines is 1. The fraction of sp³-hybridized carbons (Fsp3) is 0.286. The lowest BCUT2D eigenvalue weighted by atomic mass is 10.2. The van der Waals surface area contributed by atoms with Gasteiger partial charge in [0.05, 0.1) is 23.1 Å². The molecule has 0 fully saturated rings. The zero-order valence-electron chi connectivity index (χ0n) is 12.4. The molecule has 1 aromatic rings. The van der Waals surface area contributed by atoms with Crippen LogP contribution in [-0.2, 0) is 15.8 Å². The van der Waals surface area contributed by atoms with Crippen molar-refractivity contribution >= 4 is 34.8 Å². The van der Waals surface area contributed by atoms with E-state index in [1.165, 1.54) is 13.0 Å². The van der Waals surface area contributed by atoms with Crippen LogP contribution in [-0.4, -0.2) is 17.5 Å². The third-order valence-corrected chi connectivity index (χ3v) is 2.91. The molecule has 0 aromatic heterocycles. The van der Waals surface area contributed by atoms with E-state index < -0.39 is 28.6 Å². The summed E-state index contributed by atoms with van der Waals surface area (Å²) >= 11 is 5.48.